The van der Waals surface area contributed by atoms with Gasteiger partial charge in [-0.2, -0.15) is 0 Å². The third-order valence-electron chi connectivity index (χ3n) is 26.7. The highest BCUT2D eigenvalue weighted by molar-refractivity contribution is 5.88. The van der Waals surface area contributed by atoms with Crippen molar-refractivity contribution >= 4 is 17.9 Å². The van der Waals surface area contributed by atoms with Crippen LogP contribution in [0.3, 0.4) is 0 Å². The fourth-order valence-corrected chi connectivity index (χ4v) is 20.4. The number of aliphatic carboxylic acids is 1. The summed E-state index contributed by atoms with van der Waals surface area (Å²) in [6.07, 6.45) is -47.8. The van der Waals surface area contributed by atoms with Crippen LogP contribution in [0.15, 0.2) is 11.6 Å². The highest BCUT2D eigenvalue weighted by Crippen LogP contribution is 2.82. The zero-order valence-corrected chi connectivity index (χ0v) is 59.3. The molecule has 32 heteroatoms. The Bertz CT molecular complexity index is 2980. The normalized spacial score (nSPS) is 52.8. The van der Waals surface area contributed by atoms with Crippen LogP contribution in [0.4, 0.5) is 0 Å². The molecule has 38 atom stereocenters. The summed E-state index contributed by atoms with van der Waals surface area (Å²) < 4.78 is 81.6. The van der Waals surface area contributed by atoms with Crippen molar-refractivity contribution in [2.24, 2.45) is 56.2 Å². The molecule has 6 aliphatic heterocycles. The number of carboxylic acid groups (broad SMARTS) is 1. The van der Waals surface area contributed by atoms with E-state index in [0.717, 1.165) is 0 Å². The van der Waals surface area contributed by atoms with Crippen LogP contribution in [0.5, 0.6) is 0 Å². The summed E-state index contributed by atoms with van der Waals surface area (Å²) in [5.74, 6) is -4.43. The third-order valence-corrected chi connectivity index (χ3v) is 26.7. The molecule has 0 aromatic rings. The molecule has 11 aliphatic rings. The lowest BCUT2D eigenvalue weighted by Crippen LogP contribution is -2.77. The number of carbonyl (C=O) groups is 3. The summed E-state index contributed by atoms with van der Waals surface area (Å²) in [6.45, 7) is 20.2. The van der Waals surface area contributed by atoms with Crippen molar-refractivity contribution in [2.75, 3.05) is 19.8 Å². The molecule has 5 aliphatic carbocycles. The van der Waals surface area contributed by atoms with Crippen molar-refractivity contribution in [1.82, 2.24) is 0 Å². The zero-order valence-electron chi connectivity index (χ0n) is 59.3. The lowest BCUT2D eigenvalue weighted by molar-refractivity contribution is -0.411. The molecule has 11 rings (SSSR count). The van der Waals surface area contributed by atoms with Crippen molar-refractivity contribution in [3.63, 3.8) is 0 Å². The first kappa shape index (κ1) is 79.2. The largest absolute Gasteiger partial charge is 0.479 e. The SMILES string of the molecule is C/C=C(\C)C(=O)O[C@H]1[C@H](OC(=O)[C@H](C)CC)[C@@]23[C@H](O)C[C@]4(C)[C@@](CC[C@@H]5[C@@]6(C)CC[C@H](O[C@@H]7O[C@H](C(=O)O)[C@@H](O)[C@H](O[C@@H]8O[C@H](CO)[C@H](O)[C@H](O)[C@H]8O[C@@H]8O[C@@H](C)[C@H](O)[C@@H](O)[C@H]8O[C@@H]8OC[C@@H](O)[C@H](O)[C@H]8O)[C@H]7O[C@@H]7O[C@H](CO)[C@H](O)[C@H](O)[C@H]7O)C(C)(C)[C@@H]6CC[C@]54C)(O[C@@H]2O)[C@@H]3CC1(C)C. The molecule has 0 aromatic heterocycles. The molecule has 0 aromatic carbocycles. The Hall–Kier alpha value is -2.89. The minimum atomic E-state index is -2.37. The lowest BCUT2D eigenvalue weighted by atomic mass is 9.30. The molecule has 1 spiro atoms. The van der Waals surface area contributed by atoms with E-state index in [1.807, 2.05) is 34.6 Å². The molecular formula is C69H110O32. The Labute approximate surface area is 585 Å². The second-order valence-electron chi connectivity index (χ2n) is 32.7. The molecule has 32 nitrogen and oxygen atoms in total. The Morgan fingerprint density at radius 1 is 0.574 bits per heavy atom. The van der Waals surface area contributed by atoms with E-state index in [1.54, 1.807) is 26.8 Å². The van der Waals surface area contributed by atoms with Gasteiger partial charge in [0.1, 0.15) is 110 Å². The van der Waals surface area contributed by atoms with Crippen LogP contribution >= 0.6 is 0 Å². The molecule has 0 unspecified atom stereocenters. The highest BCUT2D eigenvalue weighted by atomic mass is 16.8. The van der Waals surface area contributed by atoms with E-state index in [-0.39, 0.29) is 24.7 Å². The van der Waals surface area contributed by atoms with E-state index in [0.29, 0.717) is 50.5 Å². The number of fused-ring (bicyclic) bond motifs is 4. The quantitative estimate of drug-likeness (QED) is 0.0387. The van der Waals surface area contributed by atoms with Crippen molar-refractivity contribution in [1.29, 1.82) is 0 Å². The standard InChI is InChI=1S/C69H110O32/c1-13-26(3)55(86)99-52-53(100-56(87)27(4)14-2)69-34(21-63(52,6)7)68(101-62(69)88)20-16-33-65(10)18-17-36(64(8,9)32(65)15-19-66(33,11)67(68,12)22-35(69)73)93-61-51(98-58-45(82)41(78)39(76)30(23-70)91-58)47(46(83)48(95-61)54(84)85)94-60-50(43(80)40(77)31(24-71)92-60)97-59-49(42(79)37(74)28(5)90-59)96-57-44(81)38(75)29(72)25-89-57/h13,27-53,57-62,70-83,88H,14-25H2,1-12H3,(H,84,85)/b26-13+/t27-,28+,29-,30-,31-,32+,33-,34+,35-,36+,37+,38+,39+,40+,41+,42-,43+,44-,45-,46+,47+,48+,49-,50-,51-,52+,53+,57+,58+,59+,60+,61-,62+,65+,66-,67+,68+,69-/m1/s1. The van der Waals surface area contributed by atoms with Gasteiger partial charge in [-0.15, -0.1) is 0 Å². The molecule has 0 amide bonds. The average molecular weight is 1450 g/mol. The van der Waals surface area contributed by atoms with Gasteiger partial charge in [-0.3, -0.25) is 4.79 Å². The second-order valence-corrected chi connectivity index (χ2v) is 32.7. The molecule has 11 fully saturated rings. The first-order valence-corrected chi connectivity index (χ1v) is 35.8. The van der Waals surface area contributed by atoms with Crippen LogP contribution in [0, 0.1) is 56.2 Å². The van der Waals surface area contributed by atoms with Crippen LogP contribution in [0.1, 0.15) is 141 Å². The first-order chi connectivity index (χ1) is 47.2. The fourth-order valence-electron chi connectivity index (χ4n) is 20.4. The number of carboxylic acids is 1. The molecule has 6 saturated heterocycles. The predicted molar refractivity (Wildman–Crippen MR) is 339 cm³/mol. The highest BCUT2D eigenvalue weighted by Gasteiger charge is 2.86. The monoisotopic (exact) mass is 1450 g/mol. The van der Waals surface area contributed by atoms with Crippen LogP contribution in [0.25, 0.3) is 0 Å². The summed E-state index contributed by atoms with van der Waals surface area (Å²) in [4.78, 5) is 41.4. The summed E-state index contributed by atoms with van der Waals surface area (Å²) in [5, 5.41) is 181. The zero-order chi connectivity index (χ0) is 74.2. The number of ether oxygens (including phenoxy) is 13. The van der Waals surface area contributed by atoms with Crippen molar-refractivity contribution in [3.8, 4) is 0 Å². The van der Waals surface area contributed by atoms with E-state index in [2.05, 4.69) is 20.8 Å². The topological polar surface area (TPSA) is 495 Å². The maximum Gasteiger partial charge on any atom is 0.335 e. The number of rotatable bonds is 18. The average Bonchev–Trinajstić information content (AvgIpc) is 1.51. The van der Waals surface area contributed by atoms with Crippen LogP contribution in [-0.2, 0) is 76.0 Å². The summed E-state index contributed by atoms with van der Waals surface area (Å²) in [7, 11) is 0. The van der Waals surface area contributed by atoms with Crippen molar-refractivity contribution in [3.05, 3.63) is 11.6 Å². The molecule has 5 saturated carbocycles. The van der Waals surface area contributed by atoms with Gasteiger partial charge >= 0.3 is 17.9 Å². The second kappa shape index (κ2) is 28.9. The molecule has 2 bridgehead atoms. The van der Waals surface area contributed by atoms with E-state index in [9.17, 15) is 96.1 Å². The number of carbonyl (C=O) groups excluding carboxylic acids is 2. The molecule has 101 heavy (non-hydrogen) atoms. The first-order valence-electron chi connectivity index (χ1n) is 35.8. The number of allylic oxidation sites excluding steroid dienone is 1. The minimum absolute atomic E-state index is 0.0925. The van der Waals surface area contributed by atoms with Gasteiger partial charge in [-0.05, 0) is 107 Å². The molecular weight excluding hydrogens is 1340 g/mol. The van der Waals surface area contributed by atoms with Gasteiger partial charge in [0, 0.05) is 22.3 Å². The third kappa shape index (κ3) is 12.7. The van der Waals surface area contributed by atoms with Gasteiger partial charge < -0.3 is 143 Å². The van der Waals surface area contributed by atoms with Gasteiger partial charge in [0.2, 0.25) is 0 Å². The molecule has 578 valence electrons. The maximum absolute atomic E-state index is 14.1. The van der Waals surface area contributed by atoms with Crippen molar-refractivity contribution < 1.29 is 158 Å². The number of hydrogen-bond acceptors (Lipinski definition) is 31. The van der Waals surface area contributed by atoms with Crippen LogP contribution < -0.4 is 0 Å². The Kier molecular flexibility index (Phi) is 22.7. The van der Waals surface area contributed by atoms with E-state index in [4.69, 9.17) is 61.6 Å². The number of esters is 2. The number of aliphatic hydroxyl groups is 15. The smallest absolute Gasteiger partial charge is 0.335 e. The van der Waals surface area contributed by atoms with E-state index < -0.39 is 266 Å². The Morgan fingerprint density at radius 3 is 1.76 bits per heavy atom. The molecule has 6 heterocycles. The predicted octanol–water partition coefficient (Wildman–Crippen LogP) is -2.39. The number of aliphatic hydroxyl groups excluding tert-OH is 15. The summed E-state index contributed by atoms with van der Waals surface area (Å²) in [5.41, 5.74) is -6.17. The van der Waals surface area contributed by atoms with Gasteiger partial charge in [0.15, 0.2) is 49.9 Å². The van der Waals surface area contributed by atoms with Crippen LogP contribution in [-0.4, -0.2) is 303 Å². The van der Waals surface area contributed by atoms with Crippen LogP contribution in [0.2, 0.25) is 0 Å². The van der Waals surface area contributed by atoms with Crippen molar-refractivity contribution in [2.45, 2.75) is 325 Å². The fraction of sp³-hybridized carbons (Fsp3) is 0.928. The van der Waals surface area contributed by atoms with E-state index in [1.165, 1.54) is 6.92 Å². The molecule has 16 N–H and O–H groups in total. The van der Waals surface area contributed by atoms with E-state index >= 15 is 0 Å². The summed E-state index contributed by atoms with van der Waals surface area (Å²) >= 11 is 0. The lowest BCUT2D eigenvalue weighted by Gasteiger charge is -2.75. The van der Waals surface area contributed by atoms with Gasteiger partial charge in [-0.1, -0.05) is 68.4 Å². The molecule has 0 radical (unpaired) electrons. The van der Waals surface area contributed by atoms with Gasteiger partial charge in [0.05, 0.1) is 55.1 Å². The Morgan fingerprint density at radius 2 is 1.14 bits per heavy atom. The number of hydrogen-bond donors (Lipinski definition) is 16. The van der Waals surface area contributed by atoms with Gasteiger partial charge in [-0.25, -0.2) is 9.59 Å². The summed E-state index contributed by atoms with van der Waals surface area (Å²) in [6, 6.07) is 0. The maximum atomic E-state index is 14.1. The Balaban J connectivity index is 0.913. The minimum Gasteiger partial charge on any atom is -0.479 e. The van der Waals surface area contributed by atoms with Gasteiger partial charge in [0.25, 0.3) is 0 Å².